The van der Waals surface area contributed by atoms with Gasteiger partial charge in [0, 0.05) is 23.8 Å². The second-order valence-electron chi connectivity index (χ2n) is 5.79. The molecule has 0 aromatic heterocycles. The molecule has 0 unspecified atom stereocenters. The number of hydrogen-bond acceptors (Lipinski definition) is 2. The molecule has 23 heavy (non-hydrogen) atoms. The highest BCUT2D eigenvalue weighted by atomic mass is 19.1. The fourth-order valence-corrected chi connectivity index (χ4v) is 2.55. The predicted octanol–water partition coefficient (Wildman–Crippen LogP) is 3.57. The molecular weight excluding hydrogens is 298 g/mol. The van der Waals surface area contributed by atoms with E-state index in [1.54, 1.807) is 30.3 Å². The Morgan fingerprint density at radius 2 is 1.91 bits per heavy atom. The van der Waals surface area contributed by atoms with Gasteiger partial charge in [0.15, 0.2) is 0 Å². The van der Waals surface area contributed by atoms with Gasteiger partial charge < -0.3 is 5.32 Å². The zero-order valence-electron chi connectivity index (χ0n) is 12.6. The molecule has 5 heteroatoms. The molecule has 120 valence electrons. The van der Waals surface area contributed by atoms with E-state index >= 15 is 0 Å². The van der Waals surface area contributed by atoms with Crippen LogP contribution in [0.5, 0.6) is 0 Å². The fraction of sp³-hybridized carbons (Fsp3) is 0.278. The van der Waals surface area contributed by atoms with Gasteiger partial charge in [-0.1, -0.05) is 24.3 Å². The molecule has 1 amide bonds. The van der Waals surface area contributed by atoms with Gasteiger partial charge >= 0.3 is 0 Å². The Kier molecular flexibility index (Phi) is 4.67. The van der Waals surface area contributed by atoms with E-state index in [0.717, 1.165) is 12.8 Å². The summed E-state index contributed by atoms with van der Waals surface area (Å²) in [6.45, 7) is 0.559. The van der Waals surface area contributed by atoms with Crippen LogP contribution in [-0.4, -0.2) is 23.4 Å². The summed E-state index contributed by atoms with van der Waals surface area (Å²) in [5.74, 6) is -0.879. The van der Waals surface area contributed by atoms with Crippen LogP contribution in [0, 0.1) is 11.6 Å². The summed E-state index contributed by atoms with van der Waals surface area (Å²) in [4.78, 5) is 14.1. The number of carbonyl (C=O) groups is 1. The van der Waals surface area contributed by atoms with Crippen molar-refractivity contribution in [2.45, 2.75) is 25.4 Å². The second-order valence-corrected chi connectivity index (χ2v) is 5.79. The van der Waals surface area contributed by atoms with Crippen molar-refractivity contribution in [1.82, 2.24) is 4.90 Å². The van der Waals surface area contributed by atoms with Crippen molar-refractivity contribution in [1.29, 1.82) is 0 Å². The van der Waals surface area contributed by atoms with Crippen molar-refractivity contribution in [2.24, 2.45) is 0 Å². The number of nitrogens with zero attached hydrogens (tertiary/aromatic N) is 1. The molecule has 3 nitrogen and oxygen atoms in total. The number of carbonyl (C=O) groups excluding carboxylic acids is 1. The number of benzene rings is 2. The summed E-state index contributed by atoms with van der Waals surface area (Å²) in [6.07, 6.45) is 2.03. The molecule has 1 N–H and O–H groups in total. The van der Waals surface area contributed by atoms with Crippen molar-refractivity contribution < 1.29 is 13.6 Å². The maximum atomic E-state index is 13.8. The molecule has 1 aliphatic carbocycles. The molecule has 1 saturated carbocycles. The van der Waals surface area contributed by atoms with Gasteiger partial charge in [-0.2, -0.15) is 0 Å². The van der Waals surface area contributed by atoms with Gasteiger partial charge in [0.2, 0.25) is 5.91 Å². The van der Waals surface area contributed by atoms with Gasteiger partial charge in [-0.05, 0) is 37.1 Å². The van der Waals surface area contributed by atoms with Gasteiger partial charge in [-0.15, -0.1) is 0 Å². The third-order valence-electron chi connectivity index (χ3n) is 3.85. The minimum absolute atomic E-state index is 0.162. The molecule has 0 radical (unpaired) electrons. The van der Waals surface area contributed by atoms with E-state index in [4.69, 9.17) is 0 Å². The van der Waals surface area contributed by atoms with E-state index in [-0.39, 0.29) is 18.3 Å². The quantitative estimate of drug-likeness (QED) is 0.883. The Balaban J connectivity index is 1.63. The number of nitrogens with one attached hydrogen (secondary N) is 1. The highest BCUT2D eigenvalue weighted by Crippen LogP contribution is 2.28. The minimum Gasteiger partial charge on any atom is -0.325 e. The van der Waals surface area contributed by atoms with Crippen LogP contribution < -0.4 is 5.32 Å². The van der Waals surface area contributed by atoms with Crippen molar-refractivity contribution in [3.63, 3.8) is 0 Å². The number of rotatable bonds is 6. The summed E-state index contributed by atoms with van der Waals surface area (Å²) in [5, 5.41) is 2.68. The summed E-state index contributed by atoms with van der Waals surface area (Å²) in [5.41, 5.74) is 1.01. The Labute approximate surface area is 133 Å². The van der Waals surface area contributed by atoms with E-state index in [1.807, 2.05) is 4.90 Å². The summed E-state index contributed by atoms with van der Waals surface area (Å²) in [6, 6.07) is 12.7. The predicted molar refractivity (Wildman–Crippen MR) is 84.9 cm³/mol. The molecule has 0 heterocycles. The molecule has 0 aliphatic heterocycles. The van der Waals surface area contributed by atoms with E-state index in [0.29, 0.717) is 23.8 Å². The highest BCUT2D eigenvalue weighted by Gasteiger charge is 2.30. The molecule has 1 aliphatic rings. The fourth-order valence-electron chi connectivity index (χ4n) is 2.55. The lowest BCUT2D eigenvalue weighted by molar-refractivity contribution is -0.117. The SMILES string of the molecule is O=C(CN(Cc1ccccc1F)C1CC1)Nc1cccc(F)c1. The molecule has 3 rings (SSSR count). The van der Waals surface area contributed by atoms with Crippen LogP contribution in [0.1, 0.15) is 18.4 Å². The Bertz CT molecular complexity index is 701. The van der Waals surface area contributed by atoms with E-state index in [9.17, 15) is 13.6 Å². The number of halogens is 2. The van der Waals surface area contributed by atoms with Crippen molar-refractivity contribution in [3.8, 4) is 0 Å². The summed E-state index contributed by atoms with van der Waals surface area (Å²) >= 11 is 0. The minimum atomic E-state index is -0.395. The topological polar surface area (TPSA) is 32.3 Å². The van der Waals surface area contributed by atoms with Crippen LogP contribution in [0.25, 0.3) is 0 Å². The van der Waals surface area contributed by atoms with Crippen molar-refractivity contribution in [3.05, 3.63) is 65.7 Å². The number of amides is 1. The van der Waals surface area contributed by atoms with E-state index in [1.165, 1.54) is 18.2 Å². The van der Waals surface area contributed by atoms with Gasteiger partial charge in [-0.25, -0.2) is 8.78 Å². The van der Waals surface area contributed by atoms with Crippen molar-refractivity contribution >= 4 is 11.6 Å². The van der Waals surface area contributed by atoms with E-state index < -0.39 is 5.82 Å². The summed E-state index contributed by atoms with van der Waals surface area (Å²) < 4.78 is 26.9. The second kappa shape index (κ2) is 6.87. The van der Waals surface area contributed by atoms with Crippen LogP contribution >= 0.6 is 0 Å². The Hall–Kier alpha value is -2.27. The molecule has 0 spiro atoms. The lowest BCUT2D eigenvalue weighted by Gasteiger charge is -2.21. The Morgan fingerprint density at radius 3 is 2.61 bits per heavy atom. The first kappa shape index (κ1) is 15.6. The maximum absolute atomic E-state index is 13.8. The molecule has 0 bridgehead atoms. The number of hydrogen-bond donors (Lipinski definition) is 1. The first-order valence-corrected chi connectivity index (χ1v) is 7.65. The van der Waals surface area contributed by atoms with Gasteiger partial charge in [0.05, 0.1) is 6.54 Å². The van der Waals surface area contributed by atoms with Gasteiger partial charge in [0.25, 0.3) is 0 Å². The van der Waals surface area contributed by atoms with Crippen LogP contribution in [0.4, 0.5) is 14.5 Å². The third-order valence-corrected chi connectivity index (χ3v) is 3.85. The van der Waals surface area contributed by atoms with E-state index in [2.05, 4.69) is 5.32 Å². The van der Waals surface area contributed by atoms with Crippen LogP contribution in [-0.2, 0) is 11.3 Å². The maximum Gasteiger partial charge on any atom is 0.238 e. The first-order valence-electron chi connectivity index (χ1n) is 7.65. The molecule has 2 aromatic rings. The smallest absolute Gasteiger partial charge is 0.238 e. The molecule has 1 fully saturated rings. The zero-order chi connectivity index (χ0) is 16.2. The zero-order valence-corrected chi connectivity index (χ0v) is 12.6. The van der Waals surface area contributed by atoms with Crippen LogP contribution in [0.15, 0.2) is 48.5 Å². The van der Waals surface area contributed by atoms with Gasteiger partial charge in [-0.3, -0.25) is 9.69 Å². The van der Waals surface area contributed by atoms with Crippen molar-refractivity contribution in [2.75, 3.05) is 11.9 Å². The molecule has 2 aromatic carbocycles. The largest absolute Gasteiger partial charge is 0.325 e. The lowest BCUT2D eigenvalue weighted by atomic mass is 10.2. The Morgan fingerprint density at radius 1 is 1.13 bits per heavy atom. The van der Waals surface area contributed by atoms with Gasteiger partial charge in [0.1, 0.15) is 11.6 Å². The molecular formula is C18H18F2N2O. The standard InChI is InChI=1S/C18H18F2N2O/c19-14-5-3-6-15(10-14)21-18(23)12-22(16-8-9-16)11-13-4-1-2-7-17(13)20/h1-7,10,16H,8-9,11-12H2,(H,21,23). The molecule has 0 saturated heterocycles. The highest BCUT2D eigenvalue weighted by molar-refractivity contribution is 5.92. The number of anilines is 1. The average molecular weight is 316 g/mol. The van der Waals surface area contributed by atoms with Crippen LogP contribution in [0.3, 0.4) is 0 Å². The lowest BCUT2D eigenvalue weighted by Crippen LogP contribution is -2.34. The average Bonchev–Trinajstić information content (AvgIpc) is 3.33. The normalized spacial score (nSPS) is 14.0. The monoisotopic (exact) mass is 316 g/mol. The first-order chi connectivity index (χ1) is 11.1. The van der Waals surface area contributed by atoms with Crippen LogP contribution in [0.2, 0.25) is 0 Å². The third kappa shape index (κ3) is 4.36. The molecule has 0 atom stereocenters. The summed E-state index contributed by atoms with van der Waals surface area (Å²) in [7, 11) is 0.